The second-order valence-electron chi connectivity index (χ2n) is 5.59. The van der Waals surface area contributed by atoms with Gasteiger partial charge in [-0.25, -0.2) is 0 Å². The second-order valence-corrected chi connectivity index (χ2v) is 6.43. The molecule has 19 heavy (non-hydrogen) atoms. The Morgan fingerprint density at radius 2 is 2.05 bits per heavy atom. The summed E-state index contributed by atoms with van der Waals surface area (Å²) in [6, 6.07) is 7.91. The van der Waals surface area contributed by atoms with E-state index in [4.69, 9.17) is 28.5 Å². The van der Waals surface area contributed by atoms with Crippen molar-refractivity contribution in [1.29, 1.82) is 5.26 Å². The lowest BCUT2D eigenvalue weighted by Gasteiger charge is -2.27. The van der Waals surface area contributed by atoms with E-state index in [1.54, 1.807) is 6.07 Å². The molecule has 1 rings (SSSR count). The van der Waals surface area contributed by atoms with Crippen molar-refractivity contribution in [2.45, 2.75) is 39.7 Å². The van der Waals surface area contributed by atoms with Crippen LogP contribution in [0.1, 0.15) is 45.2 Å². The lowest BCUT2D eigenvalue weighted by molar-refractivity contribution is 0.305. The highest BCUT2D eigenvalue weighted by Crippen LogP contribution is 2.27. The number of benzene rings is 1. The molecule has 1 atom stereocenters. The predicted octanol–water partition coefficient (Wildman–Crippen LogP) is 4.97. The van der Waals surface area contributed by atoms with Gasteiger partial charge in [0.05, 0.1) is 6.07 Å². The third-order valence-corrected chi connectivity index (χ3v) is 3.79. The SMILES string of the molecule is CC(NCC(C)(C)CCC#N)c1ccc(Cl)cc1Cl. The maximum atomic E-state index is 8.65. The number of hydrogen-bond donors (Lipinski definition) is 1. The normalized spacial score (nSPS) is 13.1. The van der Waals surface area contributed by atoms with E-state index < -0.39 is 0 Å². The van der Waals surface area contributed by atoms with Crippen molar-refractivity contribution in [3.8, 4) is 6.07 Å². The minimum absolute atomic E-state index is 0.100. The van der Waals surface area contributed by atoms with Crippen molar-refractivity contribution in [2.24, 2.45) is 5.41 Å². The van der Waals surface area contributed by atoms with E-state index >= 15 is 0 Å². The fourth-order valence-corrected chi connectivity index (χ4v) is 2.45. The molecule has 0 saturated carbocycles. The van der Waals surface area contributed by atoms with Gasteiger partial charge in [0.15, 0.2) is 0 Å². The molecule has 0 saturated heterocycles. The summed E-state index contributed by atoms with van der Waals surface area (Å²) in [6.45, 7) is 7.24. The average molecular weight is 299 g/mol. The van der Waals surface area contributed by atoms with Crippen molar-refractivity contribution in [1.82, 2.24) is 5.32 Å². The summed E-state index contributed by atoms with van der Waals surface area (Å²) in [6.07, 6.45) is 1.47. The van der Waals surface area contributed by atoms with Crippen LogP contribution in [0, 0.1) is 16.7 Å². The first-order chi connectivity index (χ1) is 8.85. The first-order valence-corrected chi connectivity index (χ1v) is 7.16. The molecule has 104 valence electrons. The van der Waals surface area contributed by atoms with Crippen molar-refractivity contribution < 1.29 is 0 Å². The smallest absolute Gasteiger partial charge is 0.0621 e. The molecule has 1 aromatic carbocycles. The summed E-state index contributed by atoms with van der Waals surface area (Å²) in [4.78, 5) is 0. The second kappa shape index (κ2) is 7.14. The van der Waals surface area contributed by atoms with Crippen molar-refractivity contribution in [3.63, 3.8) is 0 Å². The summed E-state index contributed by atoms with van der Waals surface area (Å²) in [7, 11) is 0. The number of nitrogens with zero attached hydrogens (tertiary/aromatic N) is 1. The molecule has 0 fully saturated rings. The lowest BCUT2D eigenvalue weighted by Crippen LogP contribution is -2.31. The standard InChI is InChI=1S/C15H20Cl2N2/c1-11(13-6-5-12(16)9-14(13)17)19-10-15(2,3)7-4-8-18/h5-6,9,11,19H,4,7,10H2,1-3H3. The molecule has 0 aliphatic carbocycles. The van der Waals surface area contributed by atoms with E-state index in [1.165, 1.54) is 0 Å². The molecule has 0 aromatic heterocycles. The molecule has 0 aliphatic heterocycles. The van der Waals surface area contributed by atoms with Crippen LogP contribution in [0.4, 0.5) is 0 Å². The first-order valence-electron chi connectivity index (χ1n) is 6.41. The molecule has 2 nitrogen and oxygen atoms in total. The van der Waals surface area contributed by atoms with Gasteiger partial charge in [0, 0.05) is 29.1 Å². The molecule has 1 N–H and O–H groups in total. The van der Waals surface area contributed by atoms with Crippen molar-refractivity contribution in [3.05, 3.63) is 33.8 Å². The van der Waals surface area contributed by atoms with Gasteiger partial charge in [-0.3, -0.25) is 0 Å². The zero-order valence-electron chi connectivity index (χ0n) is 11.6. The Balaban J connectivity index is 2.60. The van der Waals surface area contributed by atoms with Crippen molar-refractivity contribution >= 4 is 23.2 Å². The average Bonchev–Trinajstić information content (AvgIpc) is 2.34. The molecule has 1 unspecified atom stereocenters. The molecule has 0 spiro atoms. The van der Waals surface area contributed by atoms with Crippen LogP contribution >= 0.6 is 23.2 Å². The van der Waals surface area contributed by atoms with Gasteiger partial charge in [-0.15, -0.1) is 0 Å². The largest absolute Gasteiger partial charge is 0.310 e. The Morgan fingerprint density at radius 1 is 1.37 bits per heavy atom. The molecule has 0 amide bonds. The lowest BCUT2D eigenvalue weighted by atomic mass is 9.87. The van der Waals surface area contributed by atoms with E-state index in [-0.39, 0.29) is 11.5 Å². The van der Waals surface area contributed by atoms with Gasteiger partial charge < -0.3 is 5.32 Å². The number of rotatable bonds is 6. The molecule has 0 bridgehead atoms. The molecule has 0 radical (unpaired) electrons. The van der Waals surface area contributed by atoms with E-state index in [1.807, 2.05) is 12.1 Å². The Morgan fingerprint density at radius 3 is 2.63 bits per heavy atom. The zero-order chi connectivity index (χ0) is 14.5. The van der Waals surface area contributed by atoms with Gasteiger partial charge >= 0.3 is 0 Å². The van der Waals surface area contributed by atoms with Crippen LogP contribution in [-0.2, 0) is 0 Å². The van der Waals surface area contributed by atoms with E-state index in [9.17, 15) is 0 Å². The topological polar surface area (TPSA) is 35.8 Å². The van der Waals surface area contributed by atoms with Crippen LogP contribution in [0.3, 0.4) is 0 Å². The van der Waals surface area contributed by atoms with Crippen LogP contribution in [0.15, 0.2) is 18.2 Å². The van der Waals surface area contributed by atoms with Gasteiger partial charge in [-0.05, 0) is 36.5 Å². The number of hydrogen-bond acceptors (Lipinski definition) is 2. The number of nitriles is 1. The molecular formula is C15H20Cl2N2. The summed E-state index contributed by atoms with van der Waals surface area (Å²) < 4.78 is 0. The summed E-state index contributed by atoms with van der Waals surface area (Å²) in [5, 5.41) is 13.4. The minimum Gasteiger partial charge on any atom is -0.310 e. The Kier molecular flexibility index (Phi) is 6.13. The Hall–Kier alpha value is -0.750. The minimum atomic E-state index is 0.100. The Labute approximate surface area is 125 Å². The molecule has 1 aromatic rings. The third-order valence-electron chi connectivity index (χ3n) is 3.23. The summed E-state index contributed by atoms with van der Waals surface area (Å²) in [5.74, 6) is 0. The highest BCUT2D eigenvalue weighted by atomic mass is 35.5. The monoisotopic (exact) mass is 298 g/mol. The number of halogens is 2. The molecule has 4 heteroatoms. The van der Waals surface area contributed by atoms with Crippen LogP contribution < -0.4 is 5.32 Å². The molecule has 0 heterocycles. The maximum absolute atomic E-state index is 8.65. The quantitative estimate of drug-likeness (QED) is 0.804. The maximum Gasteiger partial charge on any atom is 0.0621 e. The van der Waals surface area contributed by atoms with Crippen LogP contribution in [0.2, 0.25) is 10.0 Å². The van der Waals surface area contributed by atoms with Crippen molar-refractivity contribution in [2.75, 3.05) is 6.54 Å². The fourth-order valence-electron chi connectivity index (χ4n) is 1.87. The van der Waals surface area contributed by atoms with Gasteiger partial charge in [-0.2, -0.15) is 5.26 Å². The third kappa shape index (κ3) is 5.40. The van der Waals surface area contributed by atoms with E-state index in [0.29, 0.717) is 16.5 Å². The predicted molar refractivity (Wildman–Crippen MR) is 81.5 cm³/mol. The van der Waals surface area contributed by atoms with Crippen LogP contribution in [-0.4, -0.2) is 6.54 Å². The summed E-state index contributed by atoms with van der Waals surface area (Å²) >= 11 is 12.1. The van der Waals surface area contributed by atoms with Gasteiger partial charge in [0.2, 0.25) is 0 Å². The zero-order valence-corrected chi connectivity index (χ0v) is 13.1. The fraction of sp³-hybridized carbons (Fsp3) is 0.533. The summed E-state index contributed by atoms with van der Waals surface area (Å²) in [5.41, 5.74) is 1.14. The highest BCUT2D eigenvalue weighted by Gasteiger charge is 2.19. The van der Waals surface area contributed by atoms with Crippen LogP contribution in [0.25, 0.3) is 0 Å². The van der Waals surface area contributed by atoms with E-state index in [2.05, 4.69) is 32.2 Å². The van der Waals surface area contributed by atoms with Crippen LogP contribution in [0.5, 0.6) is 0 Å². The number of nitrogens with one attached hydrogen (secondary N) is 1. The molecular weight excluding hydrogens is 279 g/mol. The molecule has 0 aliphatic rings. The highest BCUT2D eigenvalue weighted by molar-refractivity contribution is 6.35. The van der Waals surface area contributed by atoms with E-state index in [0.717, 1.165) is 18.5 Å². The first kappa shape index (κ1) is 16.3. The van der Waals surface area contributed by atoms with Gasteiger partial charge in [0.1, 0.15) is 0 Å². The van der Waals surface area contributed by atoms with Gasteiger partial charge in [0.25, 0.3) is 0 Å². The Bertz CT molecular complexity index is 464. The van der Waals surface area contributed by atoms with Gasteiger partial charge in [-0.1, -0.05) is 43.1 Å².